The van der Waals surface area contributed by atoms with Crippen molar-refractivity contribution in [3.8, 4) is 11.8 Å². The molecule has 0 bridgehead atoms. The predicted octanol–water partition coefficient (Wildman–Crippen LogP) is 1.97. The fourth-order valence-electron chi connectivity index (χ4n) is 1.59. The largest absolute Gasteiger partial charge is 0.502 e. The molecule has 1 atom stereocenters. The van der Waals surface area contributed by atoms with Gasteiger partial charge in [0, 0.05) is 17.7 Å². The van der Waals surface area contributed by atoms with Crippen molar-refractivity contribution in [2.45, 2.75) is 25.8 Å². The molecule has 0 amide bonds. The molecule has 1 rings (SSSR count). The van der Waals surface area contributed by atoms with Crippen molar-refractivity contribution in [3.63, 3.8) is 0 Å². The summed E-state index contributed by atoms with van der Waals surface area (Å²) < 4.78 is 0. The van der Waals surface area contributed by atoms with Crippen LogP contribution in [0.25, 0.3) is 0 Å². The number of nitrogens with zero attached hydrogens (tertiary/aromatic N) is 2. The maximum absolute atomic E-state index is 10.7. The Balaban J connectivity index is 3.34. The number of hydrogen-bond donors (Lipinski definition) is 2. The molecule has 0 unspecified atom stereocenters. The molecule has 0 spiro atoms. The van der Waals surface area contributed by atoms with Gasteiger partial charge < -0.3 is 10.8 Å². The molecule has 0 aliphatic rings. The lowest BCUT2D eigenvalue weighted by atomic mass is 9.99. The van der Waals surface area contributed by atoms with E-state index in [9.17, 15) is 15.2 Å². The molecule has 1 aromatic carbocycles. The second-order valence-electron chi connectivity index (χ2n) is 3.70. The smallest absolute Gasteiger partial charge is 0.312 e. The Hall–Kier alpha value is -2.13. The topological polar surface area (TPSA) is 113 Å². The highest BCUT2D eigenvalue weighted by Gasteiger charge is 2.22. The first-order chi connectivity index (χ1) is 8.01. The van der Waals surface area contributed by atoms with E-state index in [-0.39, 0.29) is 11.1 Å². The molecule has 0 saturated heterocycles. The Kier molecular flexibility index (Phi) is 4.01. The van der Waals surface area contributed by atoms with Crippen molar-refractivity contribution in [2.24, 2.45) is 5.73 Å². The van der Waals surface area contributed by atoms with Crippen LogP contribution in [0, 0.1) is 21.4 Å². The van der Waals surface area contributed by atoms with E-state index in [2.05, 4.69) is 0 Å². The lowest BCUT2D eigenvalue weighted by Gasteiger charge is -2.12. The molecule has 0 aliphatic heterocycles. The van der Waals surface area contributed by atoms with Crippen LogP contribution in [0.5, 0.6) is 5.75 Å². The van der Waals surface area contributed by atoms with Crippen LogP contribution < -0.4 is 5.73 Å². The van der Waals surface area contributed by atoms with Crippen LogP contribution >= 0.6 is 0 Å². The van der Waals surface area contributed by atoms with Crippen molar-refractivity contribution < 1.29 is 10.0 Å². The number of nitrogens with two attached hydrogens (primary N) is 1. The summed E-state index contributed by atoms with van der Waals surface area (Å²) in [6.45, 7) is 1.92. The van der Waals surface area contributed by atoms with Gasteiger partial charge in [-0.1, -0.05) is 13.3 Å². The summed E-state index contributed by atoms with van der Waals surface area (Å²) in [5, 5.41) is 29.2. The number of nitro benzene ring substituents is 1. The third-order valence-electron chi connectivity index (χ3n) is 2.44. The molecule has 0 fully saturated rings. The first-order valence-electron chi connectivity index (χ1n) is 5.18. The van der Waals surface area contributed by atoms with Gasteiger partial charge in [-0.2, -0.15) is 5.26 Å². The molecule has 0 aliphatic carbocycles. The van der Waals surface area contributed by atoms with Gasteiger partial charge in [0.05, 0.1) is 16.6 Å². The molecule has 0 saturated carbocycles. The molecule has 90 valence electrons. The Morgan fingerprint density at radius 3 is 2.76 bits per heavy atom. The molecule has 0 aromatic heterocycles. The summed E-state index contributed by atoms with van der Waals surface area (Å²) in [4.78, 5) is 9.99. The second-order valence-corrected chi connectivity index (χ2v) is 3.70. The zero-order valence-electron chi connectivity index (χ0n) is 9.38. The van der Waals surface area contributed by atoms with Crippen LogP contribution in [0.4, 0.5) is 5.69 Å². The predicted molar refractivity (Wildman–Crippen MR) is 61.3 cm³/mol. The molecular weight excluding hydrogens is 222 g/mol. The molecular formula is C11H13N3O3. The quantitative estimate of drug-likeness (QED) is 0.611. The van der Waals surface area contributed by atoms with Gasteiger partial charge in [0.25, 0.3) is 0 Å². The molecule has 1 aromatic rings. The molecule has 3 N–H and O–H groups in total. The fourth-order valence-corrected chi connectivity index (χ4v) is 1.59. The van der Waals surface area contributed by atoms with Gasteiger partial charge in [-0.15, -0.1) is 0 Å². The highest BCUT2D eigenvalue weighted by atomic mass is 16.6. The Morgan fingerprint density at radius 1 is 1.65 bits per heavy atom. The Labute approximate surface area is 98.4 Å². The van der Waals surface area contributed by atoms with E-state index in [1.807, 2.05) is 13.0 Å². The first-order valence-corrected chi connectivity index (χ1v) is 5.18. The van der Waals surface area contributed by atoms with E-state index in [4.69, 9.17) is 11.0 Å². The number of phenols is 1. The minimum absolute atomic E-state index is 0.121. The Morgan fingerprint density at radius 2 is 2.29 bits per heavy atom. The number of benzene rings is 1. The minimum atomic E-state index is -0.724. The molecule has 6 heteroatoms. The van der Waals surface area contributed by atoms with Gasteiger partial charge in [-0.3, -0.25) is 10.1 Å². The molecule has 0 radical (unpaired) electrons. The summed E-state index contributed by atoms with van der Waals surface area (Å²) in [5.74, 6) is -0.449. The maximum atomic E-state index is 10.7. The van der Waals surface area contributed by atoms with Crippen LogP contribution in [0.3, 0.4) is 0 Å². The summed E-state index contributed by atoms with van der Waals surface area (Å²) in [7, 11) is 0. The van der Waals surface area contributed by atoms with Gasteiger partial charge >= 0.3 is 5.69 Å². The van der Waals surface area contributed by atoms with E-state index in [0.717, 1.165) is 12.5 Å². The minimum Gasteiger partial charge on any atom is -0.502 e. The summed E-state index contributed by atoms with van der Waals surface area (Å²) in [6.07, 6.45) is 1.37. The van der Waals surface area contributed by atoms with E-state index in [1.165, 1.54) is 6.07 Å². The highest BCUT2D eigenvalue weighted by molar-refractivity contribution is 5.56. The normalized spacial score (nSPS) is 11.8. The van der Waals surface area contributed by atoms with Crippen molar-refractivity contribution in [2.75, 3.05) is 0 Å². The lowest BCUT2D eigenvalue weighted by Crippen LogP contribution is -2.11. The van der Waals surface area contributed by atoms with Gasteiger partial charge in [0.1, 0.15) is 0 Å². The number of hydrogen-bond acceptors (Lipinski definition) is 5. The summed E-state index contributed by atoms with van der Waals surface area (Å²) >= 11 is 0. The van der Waals surface area contributed by atoms with E-state index < -0.39 is 22.4 Å². The number of phenolic OH excluding ortho intramolecular Hbond substituents is 1. The van der Waals surface area contributed by atoms with Crippen LogP contribution in [-0.2, 0) is 0 Å². The SMILES string of the molecule is CCC[C@@H](N)c1cc(C#N)cc([N+](=O)[O-])c1O. The van der Waals surface area contributed by atoms with Crippen molar-refractivity contribution >= 4 is 5.69 Å². The third-order valence-corrected chi connectivity index (χ3v) is 2.44. The number of nitro groups is 1. The third kappa shape index (κ3) is 2.71. The van der Waals surface area contributed by atoms with Gasteiger partial charge in [0.15, 0.2) is 5.75 Å². The van der Waals surface area contributed by atoms with Crippen molar-refractivity contribution in [1.29, 1.82) is 5.26 Å². The zero-order chi connectivity index (χ0) is 13.0. The molecule has 0 heterocycles. The average Bonchev–Trinajstić information content (AvgIpc) is 2.29. The number of aromatic hydroxyl groups is 1. The summed E-state index contributed by atoms with van der Waals surface area (Å²) in [5.41, 5.74) is 5.70. The van der Waals surface area contributed by atoms with E-state index in [0.29, 0.717) is 6.42 Å². The van der Waals surface area contributed by atoms with E-state index in [1.54, 1.807) is 0 Å². The van der Waals surface area contributed by atoms with Gasteiger partial charge in [-0.25, -0.2) is 0 Å². The highest BCUT2D eigenvalue weighted by Crippen LogP contribution is 2.35. The van der Waals surface area contributed by atoms with Crippen molar-refractivity contribution in [3.05, 3.63) is 33.4 Å². The standard InChI is InChI=1S/C11H13N3O3/c1-2-3-9(13)8-4-7(6-12)5-10(11(8)15)14(16)17/h4-5,9,15H,2-3,13H2,1H3/t9-/m1/s1. The van der Waals surface area contributed by atoms with Crippen molar-refractivity contribution in [1.82, 2.24) is 0 Å². The number of rotatable bonds is 4. The summed E-state index contributed by atoms with van der Waals surface area (Å²) in [6, 6.07) is 3.74. The Bertz CT molecular complexity index is 480. The zero-order valence-corrected chi connectivity index (χ0v) is 9.38. The van der Waals surface area contributed by atoms with Crippen LogP contribution in [0.1, 0.15) is 36.9 Å². The van der Waals surface area contributed by atoms with Crippen LogP contribution in [0.15, 0.2) is 12.1 Å². The monoisotopic (exact) mass is 235 g/mol. The first kappa shape index (κ1) is 12.9. The van der Waals surface area contributed by atoms with E-state index >= 15 is 0 Å². The van der Waals surface area contributed by atoms with Crippen LogP contribution in [-0.4, -0.2) is 10.0 Å². The maximum Gasteiger partial charge on any atom is 0.312 e. The number of nitriles is 1. The fraction of sp³-hybridized carbons (Fsp3) is 0.364. The lowest BCUT2D eigenvalue weighted by molar-refractivity contribution is -0.386. The second kappa shape index (κ2) is 5.27. The average molecular weight is 235 g/mol. The molecule has 6 nitrogen and oxygen atoms in total. The van der Waals surface area contributed by atoms with Crippen LogP contribution in [0.2, 0.25) is 0 Å². The van der Waals surface area contributed by atoms with Gasteiger partial charge in [-0.05, 0) is 12.5 Å². The van der Waals surface area contributed by atoms with Gasteiger partial charge in [0.2, 0.25) is 0 Å². The molecule has 17 heavy (non-hydrogen) atoms.